The molecule has 1 unspecified atom stereocenters. The number of rotatable bonds is 6. The molecule has 5 heteroatoms. The molecule has 0 amide bonds. The molecule has 2 rings (SSSR count). The van der Waals surface area contributed by atoms with Crippen LogP contribution in [0.2, 0.25) is 0 Å². The van der Waals surface area contributed by atoms with Gasteiger partial charge in [0.05, 0.1) is 15.6 Å². The summed E-state index contributed by atoms with van der Waals surface area (Å²) in [6.45, 7) is 6.61. The van der Waals surface area contributed by atoms with Crippen LogP contribution >= 0.6 is 11.3 Å². The summed E-state index contributed by atoms with van der Waals surface area (Å²) in [6.07, 6.45) is 8.62. The molecule has 1 saturated heterocycles. The van der Waals surface area contributed by atoms with E-state index in [1.54, 1.807) is 17.4 Å². The molecule has 1 atom stereocenters. The highest BCUT2D eigenvalue weighted by atomic mass is 32.1. The summed E-state index contributed by atoms with van der Waals surface area (Å²) >= 11 is 1.63. The average Bonchev–Trinajstić information content (AvgIpc) is 2.86. The number of carbonyl (C=O) groups is 1. The van der Waals surface area contributed by atoms with Crippen molar-refractivity contribution in [3.63, 3.8) is 0 Å². The highest BCUT2D eigenvalue weighted by Crippen LogP contribution is 2.23. The van der Waals surface area contributed by atoms with Crippen molar-refractivity contribution in [3.8, 4) is 0 Å². The normalized spacial score (nSPS) is 20.2. The zero-order chi connectivity index (χ0) is 15.2. The van der Waals surface area contributed by atoms with Crippen LogP contribution in [-0.2, 0) is 17.6 Å². The van der Waals surface area contributed by atoms with Gasteiger partial charge in [0.15, 0.2) is 0 Å². The summed E-state index contributed by atoms with van der Waals surface area (Å²) in [6, 6.07) is 0.677. The smallest absolute Gasteiger partial charge is 0.328 e. The Bertz CT molecular complexity index is 510. The Morgan fingerprint density at radius 2 is 2.33 bits per heavy atom. The zero-order valence-electron chi connectivity index (χ0n) is 12.8. The molecular formula is C16H24N2O2S. The number of hydrogen-bond acceptors (Lipinski definition) is 4. The number of aryl methyl sites for hydroxylation is 1. The number of likely N-dealkylation sites (tertiary alicyclic amines) is 1. The average molecular weight is 308 g/mol. The lowest BCUT2D eigenvalue weighted by molar-refractivity contribution is -0.131. The first-order valence-corrected chi connectivity index (χ1v) is 8.55. The van der Waals surface area contributed by atoms with Crippen LogP contribution in [0, 0.1) is 0 Å². The lowest BCUT2D eigenvalue weighted by Crippen LogP contribution is -2.38. The molecule has 1 aromatic rings. The van der Waals surface area contributed by atoms with Crippen LogP contribution in [0.15, 0.2) is 6.08 Å². The van der Waals surface area contributed by atoms with Gasteiger partial charge in [0.2, 0.25) is 0 Å². The van der Waals surface area contributed by atoms with Crippen LogP contribution in [0.4, 0.5) is 0 Å². The molecule has 4 nitrogen and oxygen atoms in total. The monoisotopic (exact) mass is 308 g/mol. The number of aliphatic carboxylic acids is 1. The third-order valence-corrected chi connectivity index (χ3v) is 5.16. The van der Waals surface area contributed by atoms with Crippen molar-refractivity contribution in [1.29, 1.82) is 0 Å². The molecule has 0 saturated carbocycles. The molecule has 0 aromatic carbocycles. The summed E-state index contributed by atoms with van der Waals surface area (Å²) in [7, 11) is 0. The molecule has 1 aliphatic rings. The van der Waals surface area contributed by atoms with E-state index in [9.17, 15) is 4.79 Å². The van der Waals surface area contributed by atoms with E-state index in [-0.39, 0.29) is 0 Å². The summed E-state index contributed by atoms with van der Waals surface area (Å²) in [5.74, 6) is -0.908. The SMILES string of the molecule is CCc1nc(CCN2CCCCC2C)sc1/C=C/C(=O)O. The minimum Gasteiger partial charge on any atom is -0.478 e. The van der Waals surface area contributed by atoms with E-state index in [0.29, 0.717) is 6.04 Å². The van der Waals surface area contributed by atoms with E-state index in [1.807, 2.05) is 0 Å². The minimum atomic E-state index is -0.908. The quantitative estimate of drug-likeness (QED) is 0.820. The number of nitrogens with zero attached hydrogens (tertiary/aromatic N) is 2. The number of carboxylic acid groups (broad SMARTS) is 1. The van der Waals surface area contributed by atoms with Crippen LogP contribution < -0.4 is 0 Å². The van der Waals surface area contributed by atoms with Crippen LogP contribution in [0.5, 0.6) is 0 Å². The Kier molecular flexibility index (Phi) is 5.94. The van der Waals surface area contributed by atoms with Gasteiger partial charge in [0.25, 0.3) is 0 Å². The molecule has 1 aromatic heterocycles. The van der Waals surface area contributed by atoms with Gasteiger partial charge in [0, 0.05) is 25.1 Å². The maximum atomic E-state index is 10.6. The number of carboxylic acids is 1. The highest BCUT2D eigenvalue weighted by Gasteiger charge is 2.18. The largest absolute Gasteiger partial charge is 0.478 e. The topological polar surface area (TPSA) is 53.4 Å². The molecule has 0 radical (unpaired) electrons. The van der Waals surface area contributed by atoms with Gasteiger partial charge in [-0.3, -0.25) is 0 Å². The second-order valence-corrected chi connectivity index (χ2v) is 6.69. The summed E-state index contributed by atoms with van der Waals surface area (Å²) in [5, 5.41) is 9.86. The van der Waals surface area contributed by atoms with Crippen molar-refractivity contribution in [2.24, 2.45) is 0 Å². The number of piperidine rings is 1. The molecule has 0 aliphatic carbocycles. The maximum Gasteiger partial charge on any atom is 0.328 e. The molecule has 1 aliphatic heterocycles. The summed E-state index contributed by atoms with van der Waals surface area (Å²) in [4.78, 5) is 18.8. The molecule has 2 heterocycles. The Labute approximate surface area is 130 Å². The van der Waals surface area contributed by atoms with Gasteiger partial charge < -0.3 is 10.0 Å². The fraction of sp³-hybridized carbons (Fsp3) is 0.625. The van der Waals surface area contributed by atoms with Crippen LogP contribution in [0.3, 0.4) is 0 Å². The molecule has 116 valence electrons. The predicted octanol–water partition coefficient (Wildman–Crippen LogP) is 3.22. The van der Waals surface area contributed by atoms with E-state index in [4.69, 9.17) is 5.11 Å². The number of hydrogen-bond donors (Lipinski definition) is 1. The summed E-state index contributed by atoms with van der Waals surface area (Å²) in [5.41, 5.74) is 1.01. The Morgan fingerprint density at radius 3 is 3.00 bits per heavy atom. The standard InChI is InChI=1S/C16H24N2O2S/c1-3-13-14(7-8-16(19)20)21-15(17-13)9-11-18-10-5-4-6-12(18)2/h7-8,12H,3-6,9-11H2,1-2H3,(H,19,20)/b8-7+. The van der Waals surface area contributed by atoms with E-state index >= 15 is 0 Å². The maximum absolute atomic E-state index is 10.6. The fourth-order valence-corrected chi connectivity index (χ4v) is 3.83. The van der Waals surface area contributed by atoms with E-state index < -0.39 is 5.97 Å². The van der Waals surface area contributed by atoms with Gasteiger partial charge in [-0.25, -0.2) is 9.78 Å². The van der Waals surface area contributed by atoms with Gasteiger partial charge in [-0.1, -0.05) is 13.3 Å². The van der Waals surface area contributed by atoms with E-state index in [0.717, 1.165) is 35.0 Å². The van der Waals surface area contributed by atoms with Gasteiger partial charge in [0.1, 0.15) is 0 Å². The first-order chi connectivity index (χ1) is 10.1. The zero-order valence-corrected chi connectivity index (χ0v) is 13.7. The minimum absolute atomic E-state index is 0.677. The number of thiazole rings is 1. The van der Waals surface area contributed by atoms with Gasteiger partial charge in [-0.15, -0.1) is 11.3 Å². The molecule has 1 N–H and O–H groups in total. The second-order valence-electron chi connectivity index (χ2n) is 5.57. The first-order valence-electron chi connectivity index (χ1n) is 7.73. The van der Waals surface area contributed by atoms with Gasteiger partial charge in [-0.05, 0) is 38.8 Å². The Morgan fingerprint density at radius 1 is 1.52 bits per heavy atom. The van der Waals surface area contributed by atoms with Crippen molar-refractivity contribution < 1.29 is 9.90 Å². The fourth-order valence-electron chi connectivity index (χ4n) is 2.78. The lowest BCUT2D eigenvalue weighted by Gasteiger charge is -2.33. The highest BCUT2D eigenvalue weighted by molar-refractivity contribution is 7.12. The third-order valence-electron chi connectivity index (χ3n) is 4.04. The first kappa shape index (κ1) is 16.2. The molecule has 1 fully saturated rings. The lowest BCUT2D eigenvalue weighted by atomic mass is 10.0. The molecule has 0 spiro atoms. The van der Waals surface area contributed by atoms with Crippen molar-refractivity contribution >= 4 is 23.4 Å². The van der Waals surface area contributed by atoms with Crippen LogP contribution in [0.1, 0.15) is 48.7 Å². The van der Waals surface area contributed by atoms with Crippen molar-refractivity contribution in [1.82, 2.24) is 9.88 Å². The predicted molar refractivity (Wildman–Crippen MR) is 86.8 cm³/mol. The van der Waals surface area contributed by atoms with Gasteiger partial charge in [-0.2, -0.15) is 0 Å². The Hall–Kier alpha value is -1.20. The molecule has 21 heavy (non-hydrogen) atoms. The van der Waals surface area contributed by atoms with Crippen molar-refractivity contribution in [2.45, 2.75) is 52.0 Å². The number of aromatic nitrogens is 1. The van der Waals surface area contributed by atoms with Crippen molar-refractivity contribution in [3.05, 3.63) is 21.7 Å². The van der Waals surface area contributed by atoms with E-state index in [1.165, 1.54) is 31.9 Å². The Balaban J connectivity index is 1.98. The molecule has 0 bridgehead atoms. The molecular weight excluding hydrogens is 284 g/mol. The van der Waals surface area contributed by atoms with Crippen molar-refractivity contribution in [2.75, 3.05) is 13.1 Å². The second kappa shape index (κ2) is 7.71. The van der Waals surface area contributed by atoms with Crippen LogP contribution in [-0.4, -0.2) is 40.1 Å². The van der Waals surface area contributed by atoms with Gasteiger partial charge >= 0.3 is 5.97 Å². The summed E-state index contributed by atoms with van der Waals surface area (Å²) < 4.78 is 0. The third kappa shape index (κ3) is 4.64. The van der Waals surface area contributed by atoms with Crippen LogP contribution in [0.25, 0.3) is 6.08 Å². The van der Waals surface area contributed by atoms with E-state index in [2.05, 4.69) is 23.7 Å².